The van der Waals surface area contributed by atoms with Crippen molar-refractivity contribution in [3.8, 4) is 0 Å². The average molecular weight is 275 g/mol. The molecule has 0 saturated heterocycles. The van der Waals surface area contributed by atoms with Gasteiger partial charge in [-0.3, -0.25) is 4.68 Å². The van der Waals surface area contributed by atoms with Crippen LogP contribution in [0.2, 0.25) is 0 Å². The van der Waals surface area contributed by atoms with E-state index >= 15 is 0 Å². The maximum atomic E-state index is 12.2. The minimum absolute atomic E-state index is 0.0189. The number of nitrogens with zero attached hydrogens (tertiary/aromatic N) is 4. The fourth-order valence-corrected chi connectivity index (χ4v) is 2.93. The third kappa shape index (κ3) is 2.79. The van der Waals surface area contributed by atoms with Gasteiger partial charge in [-0.05, 0) is 13.0 Å². The van der Waals surface area contributed by atoms with Gasteiger partial charge in [-0.1, -0.05) is 5.16 Å². The lowest BCUT2D eigenvalue weighted by Gasteiger charge is -2.23. The van der Waals surface area contributed by atoms with E-state index in [4.69, 9.17) is 10.9 Å². The number of sulfonamides is 1. The van der Waals surface area contributed by atoms with Gasteiger partial charge in [0.25, 0.3) is 10.0 Å². The summed E-state index contributed by atoms with van der Waals surface area (Å²) in [6.07, 6.45) is 1.55. The lowest BCUT2D eigenvalue weighted by Crippen LogP contribution is -2.38. The first-order valence-electron chi connectivity index (χ1n) is 5.23. The normalized spacial score (nSPS) is 15.0. The van der Waals surface area contributed by atoms with Crippen molar-refractivity contribution in [3.05, 3.63) is 12.3 Å². The van der Waals surface area contributed by atoms with Crippen LogP contribution < -0.4 is 5.73 Å². The van der Waals surface area contributed by atoms with Crippen LogP contribution >= 0.6 is 0 Å². The first-order valence-corrected chi connectivity index (χ1v) is 6.67. The van der Waals surface area contributed by atoms with E-state index in [0.29, 0.717) is 0 Å². The van der Waals surface area contributed by atoms with Crippen LogP contribution in [-0.2, 0) is 17.1 Å². The van der Waals surface area contributed by atoms with E-state index in [2.05, 4.69) is 10.3 Å². The molecule has 0 aromatic carbocycles. The minimum atomic E-state index is -3.64. The predicted molar refractivity (Wildman–Crippen MR) is 65.6 cm³/mol. The number of oxime groups is 1. The standard InChI is InChI=1S/C9H17N5O3S/c1-7(6-8(10)12-15)14(3)18(16,17)9-4-5-11-13(9)2/h4-5,7,15H,6H2,1-3H3,(H2,10,12). The average Bonchev–Trinajstić information content (AvgIpc) is 2.74. The minimum Gasteiger partial charge on any atom is -0.409 e. The lowest BCUT2D eigenvalue weighted by atomic mass is 10.2. The molecule has 0 aliphatic carbocycles. The number of rotatable bonds is 5. The molecule has 0 radical (unpaired) electrons. The quantitative estimate of drug-likeness (QED) is 0.327. The van der Waals surface area contributed by atoms with E-state index in [-0.39, 0.29) is 17.3 Å². The highest BCUT2D eigenvalue weighted by Crippen LogP contribution is 2.16. The Morgan fingerprint density at radius 3 is 2.78 bits per heavy atom. The third-order valence-corrected chi connectivity index (χ3v) is 4.72. The van der Waals surface area contributed by atoms with Gasteiger partial charge in [-0.25, -0.2) is 8.42 Å². The van der Waals surface area contributed by atoms with Crippen molar-refractivity contribution < 1.29 is 13.6 Å². The molecule has 0 bridgehead atoms. The number of hydrogen-bond acceptors (Lipinski definition) is 5. The van der Waals surface area contributed by atoms with E-state index in [0.717, 1.165) is 0 Å². The third-order valence-electron chi connectivity index (χ3n) is 2.67. The molecule has 1 rings (SSSR count). The van der Waals surface area contributed by atoms with Crippen molar-refractivity contribution in [2.75, 3.05) is 7.05 Å². The van der Waals surface area contributed by atoms with Crippen LogP contribution in [0.15, 0.2) is 22.4 Å². The van der Waals surface area contributed by atoms with Crippen LogP contribution in [0.3, 0.4) is 0 Å². The number of hydrogen-bond donors (Lipinski definition) is 2. The predicted octanol–water partition coefficient (Wildman–Crippen LogP) is -0.434. The Hall–Kier alpha value is -1.61. The van der Waals surface area contributed by atoms with Gasteiger partial charge in [0.15, 0.2) is 5.03 Å². The van der Waals surface area contributed by atoms with Gasteiger partial charge in [0.1, 0.15) is 5.84 Å². The second kappa shape index (κ2) is 5.36. The Morgan fingerprint density at radius 1 is 1.72 bits per heavy atom. The molecule has 0 aliphatic heterocycles. The lowest BCUT2D eigenvalue weighted by molar-refractivity contribution is 0.313. The molecular formula is C9H17N5O3S. The number of aromatic nitrogens is 2. The SMILES string of the molecule is CC(CC(N)=NO)N(C)S(=O)(=O)c1ccnn1C. The summed E-state index contributed by atoms with van der Waals surface area (Å²) < 4.78 is 26.9. The van der Waals surface area contributed by atoms with Crippen LogP contribution in [0, 0.1) is 0 Å². The van der Waals surface area contributed by atoms with Gasteiger partial charge < -0.3 is 10.9 Å². The Bertz CT molecular complexity index is 536. The first-order chi connectivity index (χ1) is 8.30. The maximum Gasteiger partial charge on any atom is 0.260 e. The molecule has 102 valence electrons. The highest BCUT2D eigenvalue weighted by molar-refractivity contribution is 7.89. The van der Waals surface area contributed by atoms with Crippen molar-refractivity contribution >= 4 is 15.9 Å². The zero-order chi connectivity index (χ0) is 13.9. The van der Waals surface area contributed by atoms with Crippen molar-refractivity contribution in [3.63, 3.8) is 0 Å². The molecule has 9 heteroatoms. The second-order valence-electron chi connectivity index (χ2n) is 3.96. The fourth-order valence-electron chi connectivity index (χ4n) is 1.47. The van der Waals surface area contributed by atoms with E-state index in [1.54, 1.807) is 14.0 Å². The Balaban J connectivity index is 2.96. The summed E-state index contributed by atoms with van der Waals surface area (Å²) >= 11 is 0. The van der Waals surface area contributed by atoms with E-state index in [9.17, 15) is 8.42 Å². The van der Waals surface area contributed by atoms with Crippen LogP contribution in [-0.4, -0.2) is 46.6 Å². The summed E-state index contributed by atoms with van der Waals surface area (Å²) in [7, 11) is -0.645. The van der Waals surface area contributed by atoms with Crippen LogP contribution in [0.25, 0.3) is 0 Å². The smallest absolute Gasteiger partial charge is 0.260 e. The highest BCUT2D eigenvalue weighted by Gasteiger charge is 2.28. The molecule has 0 fully saturated rings. The molecule has 0 amide bonds. The monoisotopic (exact) mass is 275 g/mol. The molecule has 18 heavy (non-hydrogen) atoms. The largest absolute Gasteiger partial charge is 0.409 e. The van der Waals surface area contributed by atoms with E-state index in [1.807, 2.05) is 0 Å². The van der Waals surface area contributed by atoms with Gasteiger partial charge in [0.2, 0.25) is 0 Å². The van der Waals surface area contributed by atoms with Gasteiger partial charge in [0, 0.05) is 26.6 Å². The number of aryl methyl sites for hydroxylation is 1. The van der Waals surface area contributed by atoms with Crippen LogP contribution in [0.4, 0.5) is 0 Å². The summed E-state index contributed by atoms with van der Waals surface area (Å²) in [5.74, 6) is -0.0189. The molecule has 3 N–H and O–H groups in total. The molecule has 0 saturated carbocycles. The zero-order valence-corrected chi connectivity index (χ0v) is 11.3. The van der Waals surface area contributed by atoms with Crippen molar-refractivity contribution in [2.24, 2.45) is 17.9 Å². The fraction of sp³-hybridized carbons (Fsp3) is 0.556. The molecule has 1 unspecified atom stereocenters. The van der Waals surface area contributed by atoms with Crippen molar-refractivity contribution in [2.45, 2.75) is 24.4 Å². The Labute approximate surface area is 106 Å². The molecule has 1 aromatic rings. The zero-order valence-electron chi connectivity index (χ0n) is 10.5. The molecule has 8 nitrogen and oxygen atoms in total. The van der Waals surface area contributed by atoms with Crippen LogP contribution in [0.5, 0.6) is 0 Å². The first kappa shape index (κ1) is 14.5. The maximum absolute atomic E-state index is 12.2. The van der Waals surface area contributed by atoms with Gasteiger partial charge in [-0.2, -0.15) is 9.40 Å². The summed E-state index contributed by atoms with van der Waals surface area (Å²) in [4.78, 5) is 0. The van der Waals surface area contributed by atoms with Gasteiger partial charge in [0.05, 0.1) is 6.20 Å². The molecular weight excluding hydrogens is 258 g/mol. The molecule has 1 heterocycles. The number of nitrogens with two attached hydrogens (primary N) is 1. The van der Waals surface area contributed by atoms with Crippen molar-refractivity contribution in [1.29, 1.82) is 0 Å². The van der Waals surface area contributed by atoms with Crippen LogP contribution in [0.1, 0.15) is 13.3 Å². The molecule has 0 aliphatic rings. The summed E-state index contributed by atoms with van der Waals surface area (Å²) in [5, 5.41) is 15.2. The topological polar surface area (TPSA) is 114 Å². The van der Waals surface area contributed by atoms with E-state index < -0.39 is 16.1 Å². The molecule has 1 aromatic heterocycles. The summed E-state index contributed by atoms with van der Waals surface area (Å²) in [6, 6.07) is 0.989. The van der Waals surface area contributed by atoms with Crippen molar-refractivity contribution in [1.82, 2.24) is 14.1 Å². The van der Waals surface area contributed by atoms with Gasteiger partial charge in [-0.15, -0.1) is 0 Å². The van der Waals surface area contributed by atoms with Gasteiger partial charge >= 0.3 is 0 Å². The molecule has 0 spiro atoms. The summed E-state index contributed by atoms with van der Waals surface area (Å²) in [6.45, 7) is 1.67. The van der Waals surface area contributed by atoms with E-state index in [1.165, 1.54) is 28.3 Å². The number of amidine groups is 1. The highest BCUT2D eigenvalue weighted by atomic mass is 32.2. The Morgan fingerprint density at radius 2 is 2.33 bits per heavy atom. The second-order valence-corrected chi connectivity index (χ2v) is 5.90. The summed E-state index contributed by atoms with van der Waals surface area (Å²) in [5.41, 5.74) is 5.36. The molecule has 1 atom stereocenters. The Kier molecular flexibility index (Phi) is 4.30.